The Labute approximate surface area is 210 Å². The number of amides is 1. The Morgan fingerprint density at radius 3 is 2.72 bits per heavy atom. The molecule has 0 unspecified atom stereocenters. The normalized spacial score (nSPS) is 15.0. The average Bonchev–Trinajstić information content (AvgIpc) is 3.20. The predicted octanol–water partition coefficient (Wildman–Crippen LogP) is 6.11. The summed E-state index contributed by atoms with van der Waals surface area (Å²) in [6.45, 7) is 3.99. The van der Waals surface area contributed by atoms with Gasteiger partial charge < -0.3 is 14.6 Å². The van der Waals surface area contributed by atoms with Crippen molar-refractivity contribution in [1.82, 2.24) is 9.55 Å². The van der Waals surface area contributed by atoms with E-state index in [-0.39, 0.29) is 11.9 Å². The molecule has 2 heterocycles. The number of aryl methyl sites for hydroxylation is 3. The molecular formula is C30H28N4O2. The van der Waals surface area contributed by atoms with E-state index in [1.54, 1.807) is 37.5 Å². The predicted molar refractivity (Wildman–Crippen MR) is 142 cm³/mol. The van der Waals surface area contributed by atoms with Crippen molar-refractivity contribution in [3.8, 4) is 11.8 Å². The quantitative estimate of drug-likeness (QED) is 0.352. The van der Waals surface area contributed by atoms with Crippen molar-refractivity contribution in [2.75, 3.05) is 12.4 Å². The van der Waals surface area contributed by atoms with Crippen LogP contribution in [-0.2, 0) is 11.2 Å². The maximum absolute atomic E-state index is 12.8. The molecule has 1 N–H and O–H groups in total. The fourth-order valence-corrected chi connectivity index (χ4v) is 5.26. The zero-order valence-electron chi connectivity index (χ0n) is 20.7. The van der Waals surface area contributed by atoms with Crippen LogP contribution in [0.15, 0.2) is 60.7 Å². The minimum atomic E-state index is -0.272. The summed E-state index contributed by atoms with van der Waals surface area (Å²) >= 11 is 0. The fourth-order valence-electron chi connectivity index (χ4n) is 5.26. The van der Waals surface area contributed by atoms with Gasteiger partial charge in [0.05, 0.1) is 24.4 Å². The standard InChI is InChI=1S/C30H28N4O2/c1-19-17-20(2)32-30-29(19)25(18-31)27(15-16-28(35)33-22-11-13-23(36-3)14-12-22)34(30)26-10-6-8-21-7-4-5-9-24(21)26/h4-5,7,9,11-17,26H,6,8,10H2,1-3H3,(H,33,35)/b16-15+/t26-/m0/s1. The number of pyridine rings is 1. The van der Waals surface area contributed by atoms with Crippen molar-refractivity contribution in [3.05, 3.63) is 94.3 Å². The Kier molecular flexibility index (Phi) is 6.30. The molecule has 5 rings (SSSR count). The third-order valence-electron chi connectivity index (χ3n) is 6.83. The average molecular weight is 477 g/mol. The van der Waals surface area contributed by atoms with Crippen LogP contribution in [0.25, 0.3) is 17.1 Å². The summed E-state index contributed by atoms with van der Waals surface area (Å²) in [5.74, 6) is 0.448. The number of fused-ring (bicyclic) bond motifs is 2. The van der Waals surface area contributed by atoms with Crippen LogP contribution in [0.2, 0.25) is 0 Å². The Hall–Kier alpha value is -4.37. The molecule has 0 aliphatic heterocycles. The van der Waals surface area contributed by atoms with E-state index >= 15 is 0 Å². The van der Waals surface area contributed by atoms with E-state index in [2.05, 4.69) is 40.2 Å². The van der Waals surface area contributed by atoms with Gasteiger partial charge in [0.25, 0.3) is 0 Å². The van der Waals surface area contributed by atoms with Gasteiger partial charge in [0.15, 0.2) is 0 Å². The van der Waals surface area contributed by atoms with Gasteiger partial charge in [0.2, 0.25) is 5.91 Å². The second kappa shape index (κ2) is 9.71. The van der Waals surface area contributed by atoms with E-state index < -0.39 is 0 Å². The van der Waals surface area contributed by atoms with Gasteiger partial charge in [-0.3, -0.25) is 4.79 Å². The largest absolute Gasteiger partial charge is 0.497 e. The van der Waals surface area contributed by atoms with Crippen molar-refractivity contribution in [2.24, 2.45) is 0 Å². The number of hydrogen-bond donors (Lipinski definition) is 1. The summed E-state index contributed by atoms with van der Waals surface area (Å²) < 4.78 is 7.35. The number of carbonyl (C=O) groups is 1. The number of nitrogens with one attached hydrogen (secondary N) is 1. The number of hydrogen-bond acceptors (Lipinski definition) is 4. The van der Waals surface area contributed by atoms with Gasteiger partial charge >= 0.3 is 0 Å². The first kappa shape index (κ1) is 23.4. The molecular weight excluding hydrogens is 448 g/mol. The number of nitriles is 1. The van der Waals surface area contributed by atoms with Gasteiger partial charge in [-0.1, -0.05) is 24.3 Å². The van der Waals surface area contributed by atoms with Gasteiger partial charge in [0, 0.05) is 22.8 Å². The maximum atomic E-state index is 12.8. The van der Waals surface area contributed by atoms with Crippen molar-refractivity contribution < 1.29 is 9.53 Å². The number of carbonyl (C=O) groups excluding carboxylic acids is 1. The molecule has 1 aliphatic carbocycles. The van der Waals surface area contributed by atoms with Gasteiger partial charge in [-0.05, 0) is 86.2 Å². The molecule has 2 aromatic carbocycles. The monoisotopic (exact) mass is 476 g/mol. The summed E-state index contributed by atoms with van der Waals surface area (Å²) in [6.07, 6.45) is 6.28. The zero-order valence-corrected chi connectivity index (χ0v) is 20.7. The van der Waals surface area contributed by atoms with Crippen molar-refractivity contribution in [1.29, 1.82) is 5.26 Å². The number of nitrogens with zero attached hydrogens (tertiary/aromatic N) is 3. The van der Waals surface area contributed by atoms with Crippen LogP contribution < -0.4 is 10.1 Å². The molecule has 1 atom stereocenters. The molecule has 0 fully saturated rings. The highest BCUT2D eigenvalue weighted by molar-refractivity contribution is 6.03. The van der Waals surface area contributed by atoms with Gasteiger partial charge in [-0.2, -0.15) is 5.26 Å². The summed E-state index contributed by atoms with van der Waals surface area (Å²) in [7, 11) is 1.60. The van der Waals surface area contributed by atoms with E-state index in [0.717, 1.165) is 47.3 Å². The van der Waals surface area contributed by atoms with E-state index in [0.29, 0.717) is 16.9 Å². The minimum absolute atomic E-state index is 0.0394. The molecule has 6 nitrogen and oxygen atoms in total. The highest BCUT2D eigenvalue weighted by atomic mass is 16.5. The Balaban J connectivity index is 1.62. The number of anilines is 1. The van der Waals surface area contributed by atoms with Gasteiger partial charge in [-0.25, -0.2) is 4.98 Å². The lowest BCUT2D eigenvalue weighted by atomic mass is 9.87. The van der Waals surface area contributed by atoms with E-state index in [9.17, 15) is 10.1 Å². The molecule has 2 aromatic heterocycles. The Morgan fingerprint density at radius 2 is 1.97 bits per heavy atom. The first-order chi connectivity index (χ1) is 17.5. The second-order valence-electron chi connectivity index (χ2n) is 9.18. The maximum Gasteiger partial charge on any atom is 0.248 e. The van der Waals surface area contributed by atoms with Crippen LogP contribution in [0.5, 0.6) is 5.75 Å². The van der Waals surface area contributed by atoms with Crippen LogP contribution in [0.3, 0.4) is 0 Å². The molecule has 6 heteroatoms. The molecule has 0 bridgehead atoms. The number of benzene rings is 2. The lowest BCUT2D eigenvalue weighted by Crippen LogP contribution is -2.19. The number of ether oxygens (including phenoxy) is 1. The highest BCUT2D eigenvalue weighted by Gasteiger charge is 2.28. The van der Waals surface area contributed by atoms with Crippen molar-refractivity contribution >= 4 is 28.7 Å². The third kappa shape index (κ3) is 4.25. The van der Waals surface area contributed by atoms with E-state index in [1.165, 1.54) is 17.2 Å². The second-order valence-corrected chi connectivity index (χ2v) is 9.18. The van der Waals surface area contributed by atoms with Gasteiger partial charge in [-0.15, -0.1) is 0 Å². The van der Waals surface area contributed by atoms with Crippen LogP contribution in [0.1, 0.15) is 52.5 Å². The molecule has 1 amide bonds. The number of rotatable bonds is 5. The van der Waals surface area contributed by atoms with Crippen LogP contribution >= 0.6 is 0 Å². The summed E-state index contributed by atoms with van der Waals surface area (Å²) in [5, 5.41) is 14.0. The first-order valence-corrected chi connectivity index (χ1v) is 12.1. The first-order valence-electron chi connectivity index (χ1n) is 12.1. The number of aromatic nitrogens is 2. The SMILES string of the molecule is COc1ccc(NC(=O)/C=C/c2c(C#N)c3c(C)cc(C)nc3n2[C@H]2CCCc3ccccc32)cc1. The fraction of sp³-hybridized carbons (Fsp3) is 0.233. The summed E-state index contributed by atoms with van der Waals surface area (Å²) in [5.41, 5.74) is 7.21. The van der Waals surface area contributed by atoms with Gasteiger partial charge in [0.1, 0.15) is 17.5 Å². The van der Waals surface area contributed by atoms with Crippen LogP contribution in [0.4, 0.5) is 5.69 Å². The molecule has 0 radical (unpaired) electrons. The zero-order chi connectivity index (χ0) is 25.2. The van der Waals surface area contributed by atoms with Crippen LogP contribution in [0, 0.1) is 25.2 Å². The van der Waals surface area contributed by atoms with Crippen molar-refractivity contribution in [2.45, 2.75) is 39.2 Å². The lowest BCUT2D eigenvalue weighted by molar-refractivity contribution is -0.111. The summed E-state index contributed by atoms with van der Waals surface area (Å²) in [6, 6.07) is 20.1. The van der Waals surface area contributed by atoms with E-state index in [1.807, 2.05) is 19.9 Å². The Morgan fingerprint density at radius 1 is 1.19 bits per heavy atom. The van der Waals surface area contributed by atoms with Crippen molar-refractivity contribution in [3.63, 3.8) is 0 Å². The summed E-state index contributed by atoms with van der Waals surface area (Å²) in [4.78, 5) is 17.7. The minimum Gasteiger partial charge on any atom is -0.497 e. The topological polar surface area (TPSA) is 79.9 Å². The van der Waals surface area contributed by atoms with E-state index in [4.69, 9.17) is 9.72 Å². The molecule has 0 saturated heterocycles. The highest BCUT2D eigenvalue weighted by Crippen LogP contribution is 2.39. The Bertz CT molecular complexity index is 1520. The molecule has 0 saturated carbocycles. The molecule has 4 aromatic rings. The number of methoxy groups -OCH3 is 1. The molecule has 36 heavy (non-hydrogen) atoms. The molecule has 180 valence electrons. The molecule has 1 aliphatic rings. The smallest absolute Gasteiger partial charge is 0.248 e. The lowest BCUT2D eigenvalue weighted by Gasteiger charge is -2.28. The third-order valence-corrected chi connectivity index (χ3v) is 6.83. The molecule has 0 spiro atoms. The van der Waals surface area contributed by atoms with Crippen LogP contribution in [-0.4, -0.2) is 22.6 Å².